The van der Waals surface area contributed by atoms with Gasteiger partial charge in [0.15, 0.2) is 6.29 Å². The molecule has 4 nitrogen and oxygen atoms in total. The van der Waals surface area contributed by atoms with E-state index in [4.69, 9.17) is 14.2 Å². The maximum Gasteiger partial charge on any atom is 0.311 e. The van der Waals surface area contributed by atoms with E-state index in [1.54, 1.807) is 0 Å². The Morgan fingerprint density at radius 3 is 2.05 bits per heavy atom. The number of unbranched alkanes of at least 4 members (excludes halogenated alkanes) is 4. The lowest BCUT2D eigenvalue weighted by Gasteiger charge is -2.33. The first-order valence-corrected chi connectivity index (χ1v) is 15.2. The number of aryl methyl sites for hydroxylation is 1. The molecule has 0 heterocycles. The average molecular weight is 529 g/mol. The van der Waals surface area contributed by atoms with Crippen LogP contribution in [0, 0.1) is 0 Å². The van der Waals surface area contributed by atoms with Gasteiger partial charge in [0.25, 0.3) is 0 Å². The summed E-state index contributed by atoms with van der Waals surface area (Å²) in [5, 5.41) is 0. The number of esters is 1. The zero-order valence-electron chi connectivity index (χ0n) is 25.8. The average Bonchev–Trinajstić information content (AvgIpc) is 2.82. The largest absolute Gasteiger partial charge is 0.465 e. The van der Waals surface area contributed by atoms with Crippen LogP contribution in [0.5, 0.6) is 5.75 Å². The van der Waals surface area contributed by atoms with Gasteiger partial charge in [0.2, 0.25) is 0 Å². The molecule has 0 amide bonds. The van der Waals surface area contributed by atoms with Gasteiger partial charge < -0.3 is 14.2 Å². The van der Waals surface area contributed by atoms with Gasteiger partial charge in [-0.05, 0) is 49.0 Å². The highest BCUT2D eigenvalue weighted by Gasteiger charge is 2.30. The number of carbonyl (C=O) groups excluding carboxylic acids is 1. The molecule has 1 saturated carbocycles. The number of benzene rings is 1. The molecule has 0 spiro atoms. The summed E-state index contributed by atoms with van der Waals surface area (Å²) in [5.41, 5.74) is 3.20. The Balaban J connectivity index is 2.13. The lowest BCUT2D eigenvalue weighted by atomic mass is 9.78. The predicted molar refractivity (Wildman–Crippen MR) is 159 cm³/mol. The Bertz CT molecular complexity index is 846. The van der Waals surface area contributed by atoms with E-state index in [0.717, 1.165) is 54.5 Å². The van der Waals surface area contributed by atoms with Crippen LogP contribution in [-0.2, 0) is 31.5 Å². The number of hydrogen-bond donors (Lipinski definition) is 0. The van der Waals surface area contributed by atoms with Gasteiger partial charge in [-0.2, -0.15) is 0 Å². The Kier molecular flexibility index (Phi) is 12.9. The molecule has 1 aliphatic rings. The van der Waals surface area contributed by atoms with Crippen molar-refractivity contribution in [2.75, 3.05) is 0 Å². The molecule has 0 saturated heterocycles. The van der Waals surface area contributed by atoms with Crippen molar-refractivity contribution in [3.63, 3.8) is 0 Å². The molecule has 0 N–H and O–H groups in total. The first-order valence-electron chi connectivity index (χ1n) is 15.2. The standard InChI is InChI=1S/C34H56O4/c1-10-11-12-13-15-18-25(2)36-31(35)22-21-27-23-29(33(4,5)6)32(30(24-27)34(7,8)9)38-26(3)37-28-19-16-14-17-20-28/h23-24,26,28H,2,10-22H2,1,3-9H3. The van der Waals surface area contributed by atoms with Crippen molar-refractivity contribution in [2.45, 2.75) is 162 Å². The normalized spacial score (nSPS) is 15.8. The van der Waals surface area contributed by atoms with Crippen LogP contribution in [0.3, 0.4) is 0 Å². The fourth-order valence-corrected chi connectivity index (χ4v) is 5.18. The summed E-state index contributed by atoms with van der Waals surface area (Å²) >= 11 is 0. The van der Waals surface area contributed by atoms with Gasteiger partial charge in [-0.3, -0.25) is 4.79 Å². The summed E-state index contributed by atoms with van der Waals surface area (Å²) < 4.78 is 18.5. The van der Waals surface area contributed by atoms with Crippen LogP contribution in [0.4, 0.5) is 0 Å². The molecular formula is C34H56O4. The number of carbonyl (C=O) groups is 1. The smallest absolute Gasteiger partial charge is 0.311 e. The van der Waals surface area contributed by atoms with Crippen LogP contribution in [0.15, 0.2) is 24.5 Å². The Morgan fingerprint density at radius 2 is 1.50 bits per heavy atom. The molecule has 0 bridgehead atoms. The van der Waals surface area contributed by atoms with Gasteiger partial charge in [-0.15, -0.1) is 0 Å². The van der Waals surface area contributed by atoms with Gasteiger partial charge in [-0.25, -0.2) is 0 Å². The summed E-state index contributed by atoms with van der Waals surface area (Å²) in [4.78, 5) is 12.6. The van der Waals surface area contributed by atoms with Crippen molar-refractivity contribution in [3.05, 3.63) is 41.2 Å². The third-order valence-electron chi connectivity index (χ3n) is 7.42. The number of ether oxygens (including phenoxy) is 3. The Labute approximate surface area is 233 Å². The minimum Gasteiger partial charge on any atom is -0.465 e. The fourth-order valence-electron chi connectivity index (χ4n) is 5.18. The van der Waals surface area contributed by atoms with E-state index < -0.39 is 0 Å². The van der Waals surface area contributed by atoms with Crippen LogP contribution in [0.1, 0.15) is 149 Å². The van der Waals surface area contributed by atoms with Crippen molar-refractivity contribution in [1.29, 1.82) is 0 Å². The van der Waals surface area contributed by atoms with E-state index >= 15 is 0 Å². The van der Waals surface area contributed by atoms with Crippen molar-refractivity contribution < 1.29 is 19.0 Å². The van der Waals surface area contributed by atoms with Crippen LogP contribution in [0.25, 0.3) is 0 Å². The molecule has 0 aromatic heterocycles. The van der Waals surface area contributed by atoms with Gasteiger partial charge in [0.1, 0.15) is 11.5 Å². The summed E-state index contributed by atoms with van der Waals surface area (Å²) in [6.07, 6.45) is 13.6. The molecule has 1 fully saturated rings. The molecule has 1 aliphatic carbocycles. The molecular weight excluding hydrogens is 472 g/mol. The molecule has 38 heavy (non-hydrogen) atoms. The van der Waals surface area contributed by atoms with E-state index in [2.05, 4.69) is 67.2 Å². The van der Waals surface area contributed by atoms with Gasteiger partial charge >= 0.3 is 5.97 Å². The summed E-state index contributed by atoms with van der Waals surface area (Å²) in [6, 6.07) is 4.43. The highest BCUT2D eigenvalue weighted by Crippen LogP contribution is 2.42. The molecule has 4 heteroatoms. The predicted octanol–water partition coefficient (Wildman–Crippen LogP) is 9.71. The van der Waals surface area contributed by atoms with Crippen molar-refractivity contribution in [1.82, 2.24) is 0 Å². The Morgan fingerprint density at radius 1 is 0.921 bits per heavy atom. The van der Waals surface area contributed by atoms with Crippen LogP contribution in [-0.4, -0.2) is 18.4 Å². The maximum atomic E-state index is 12.6. The molecule has 1 atom stereocenters. The molecule has 1 unspecified atom stereocenters. The molecule has 2 rings (SSSR count). The minimum absolute atomic E-state index is 0.123. The zero-order valence-corrected chi connectivity index (χ0v) is 25.8. The Hall–Kier alpha value is -1.81. The highest BCUT2D eigenvalue weighted by molar-refractivity contribution is 5.71. The quantitative estimate of drug-likeness (QED) is 0.104. The molecule has 1 aromatic carbocycles. The molecule has 0 aliphatic heterocycles. The van der Waals surface area contributed by atoms with E-state index in [1.807, 2.05) is 6.92 Å². The lowest BCUT2D eigenvalue weighted by molar-refractivity contribution is -0.139. The van der Waals surface area contributed by atoms with E-state index in [1.165, 1.54) is 38.5 Å². The van der Waals surface area contributed by atoms with Gasteiger partial charge in [0.05, 0.1) is 6.10 Å². The van der Waals surface area contributed by atoms with E-state index in [-0.39, 0.29) is 29.2 Å². The van der Waals surface area contributed by atoms with Crippen molar-refractivity contribution >= 4 is 5.97 Å². The molecule has 216 valence electrons. The zero-order chi connectivity index (χ0) is 28.3. The first-order chi connectivity index (χ1) is 17.8. The second-order valence-corrected chi connectivity index (χ2v) is 13.3. The second-order valence-electron chi connectivity index (χ2n) is 13.3. The van der Waals surface area contributed by atoms with Crippen molar-refractivity contribution in [2.24, 2.45) is 0 Å². The van der Waals surface area contributed by atoms with Crippen LogP contribution >= 0.6 is 0 Å². The maximum absolute atomic E-state index is 12.6. The third kappa shape index (κ3) is 11.1. The summed E-state index contributed by atoms with van der Waals surface area (Å²) in [5.74, 6) is 1.32. The second kappa shape index (κ2) is 15.1. The fraction of sp³-hybridized carbons (Fsp3) is 0.735. The van der Waals surface area contributed by atoms with Crippen molar-refractivity contribution in [3.8, 4) is 5.75 Å². The monoisotopic (exact) mass is 528 g/mol. The number of rotatable bonds is 14. The van der Waals surface area contributed by atoms with E-state index in [0.29, 0.717) is 18.6 Å². The summed E-state index contributed by atoms with van der Waals surface area (Å²) in [6.45, 7) is 21.5. The van der Waals surface area contributed by atoms with E-state index in [9.17, 15) is 4.79 Å². The lowest BCUT2D eigenvalue weighted by Crippen LogP contribution is -2.29. The molecule has 0 radical (unpaired) electrons. The third-order valence-corrected chi connectivity index (χ3v) is 7.42. The number of allylic oxidation sites excluding steroid dienone is 1. The minimum atomic E-state index is -0.311. The van der Waals surface area contributed by atoms with Crippen LogP contribution < -0.4 is 4.74 Å². The summed E-state index contributed by atoms with van der Waals surface area (Å²) in [7, 11) is 0. The number of hydrogen-bond acceptors (Lipinski definition) is 4. The topological polar surface area (TPSA) is 44.8 Å². The van der Waals surface area contributed by atoms with Gasteiger partial charge in [0, 0.05) is 24.0 Å². The molecule has 1 aromatic rings. The SMILES string of the molecule is C=C(CCCCCCC)OC(=O)CCc1cc(C(C)(C)C)c(OC(C)OC2CCCCC2)c(C(C)(C)C)c1. The highest BCUT2D eigenvalue weighted by atomic mass is 16.7. The van der Waals surface area contributed by atoms with Gasteiger partial charge in [-0.1, -0.05) is 112 Å². The van der Waals surface area contributed by atoms with Crippen LogP contribution in [0.2, 0.25) is 0 Å². The first kappa shape index (κ1) is 32.4.